The van der Waals surface area contributed by atoms with Gasteiger partial charge in [-0.3, -0.25) is 4.79 Å². The average Bonchev–Trinajstić information content (AvgIpc) is 1.66. The Morgan fingerprint density at radius 2 is 2.50 bits per heavy atom. The van der Waals surface area contributed by atoms with Gasteiger partial charge in [0.2, 0.25) is 0 Å². The first-order valence-corrected chi connectivity index (χ1v) is 4.01. The van der Waals surface area contributed by atoms with Crippen molar-refractivity contribution < 1.29 is 9.53 Å². The van der Waals surface area contributed by atoms with Gasteiger partial charge < -0.3 is 4.74 Å². The summed E-state index contributed by atoms with van der Waals surface area (Å²) in [6, 6.07) is 1.03. The van der Waals surface area contributed by atoms with Crippen LogP contribution >= 0.6 is 0 Å². The molecule has 3 heteroatoms. The van der Waals surface area contributed by atoms with Gasteiger partial charge in [-0.25, -0.2) is 0 Å². The molecule has 0 aliphatic rings. The Bertz CT molecular complexity index is 98.6. The molecule has 0 aliphatic heterocycles. The molecule has 0 N–H and O–H groups in total. The number of esters is 1. The maximum absolute atomic E-state index is 10.1. The summed E-state index contributed by atoms with van der Waals surface area (Å²) in [5.41, 5.74) is 0. The second-order valence-electron chi connectivity index (χ2n) is 1.39. The van der Waals surface area contributed by atoms with Crippen molar-refractivity contribution >= 4 is 16.2 Å². The predicted octanol–water partition coefficient (Wildman–Crippen LogP) is -0.153. The van der Waals surface area contributed by atoms with Gasteiger partial charge >= 0.3 is 5.97 Å². The number of rotatable bonds is 2. The van der Waals surface area contributed by atoms with Gasteiger partial charge in [-0.1, -0.05) is 6.08 Å². The van der Waals surface area contributed by atoms with E-state index in [2.05, 4.69) is 4.74 Å². The molecule has 0 saturated heterocycles. The third-order valence-electron chi connectivity index (χ3n) is 0.566. The number of ether oxygens (including phenoxy) is 1. The van der Waals surface area contributed by atoms with Gasteiger partial charge in [0.05, 0.1) is 6.26 Å². The molecule has 0 saturated carbocycles. The van der Waals surface area contributed by atoms with Gasteiger partial charge in [0.15, 0.2) is 0 Å². The molecule has 0 unspecified atom stereocenters. The van der Waals surface area contributed by atoms with Crippen LogP contribution in [-0.4, -0.2) is 16.2 Å². The highest BCUT2D eigenvalue weighted by atomic mass is 28.1. The molecule has 2 nitrogen and oxygen atoms in total. The van der Waals surface area contributed by atoms with Crippen molar-refractivity contribution in [1.29, 1.82) is 0 Å². The predicted molar refractivity (Wildman–Crippen MR) is 35.7 cm³/mol. The van der Waals surface area contributed by atoms with E-state index in [1.54, 1.807) is 0 Å². The van der Waals surface area contributed by atoms with Crippen LogP contribution in [0.5, 0.6) is 0 Å². The monoisotopic (exact) mass is 130 g/mol. The van der Waals surface area contributed by atoms with Crippen molar-refractivity contribution in [3.05, 3.63) is 12.3 Å². The Hall–Kier alpha value is -0.573. The third kappa shape index (κ3) is 5.43. The van der Waals surface area contributed by atoms with Gasteiger partial charge in [0, 0.05) is 17.2 Å². The number of hydrogen-bond acceptors (Lipinski definition) is 2. The Morgan fingerprint density at radius 3 is 2.88 bits per heavy atom. The molecule has 0 aliphatic carbocycles. The van der Waals surface area contributed by atoms with Gasteiger partial charge in [0.25, 0.3) is 0 Å². The van der Waals surface area contributed by atoms with Crippen LogP contribution in [0.2, 0.25) is 6.04 Å². The smallest absolute Gasteiger partial charge is 0.307 e. The first-order chi connectivity index (χ1) is 3.77. The van der Waals surface area contributed by atoms with Crippen molar-refractivity contribution in [2.45, 2.75) is 13.0 Å². The topological polar surface area (TPSA) is 26.3 Å². The quantitative estimate of drug-likeness (QED) is 0.295. The van der Waals surface area contributed by atoms with Gasteiger partial charge in [-0.05, 0) is 6.04 Å². The largest absolute Gasteiger partial charge is 0.435 e. The number of allylic oxidation sites excluding steroid dienone is 1. The summed E-state index contributed by atoms with van der Waals surface area (Å²) in [4.78, 5) is 10.1. The SMILES string of the molecule is CC(=O)OC=CC[SiH3]. The third-order valence-corrected chi connectivity index (χ3v) is 1.04. The van der Waals surface area contributed by atoms with E-state index in [-0.39, 0.29) is 5.97 Å². The van der Waals surface area contributed by atoms with E-state index >= 15 is 0 Å². The average molecular weight is 130 g/mol. The zero-order valence-electron chi connectivity index (χ0n) is 5.18. The molecule has 0 amide bonds. The second kappa shape index (κ2) is 4.58. The normalized spacial score (nSPS) is 10.1. The second-order valence-corrected chi connectivity index (χ2v) is 2.21. The lowest BCUT2D eigenvalue weighted by molar-refractivity contribution is -0.135. The van der Waals surface area contributed by atoms with E-state index in [9.17, 15) is 4.79 Å². The molecule has 0 atom stereocenters. The Labute approximate surface area is 52.0 Å². The van der Waals surface area contributed by atoms with Gasteiger partial charge in [-0.2, -0.15) is 0 Å². The summed E-state index contributed by atoms with van der Waals surface area (Å²) < 4.78 is 4.49. The first kappa shape index (κ1) is 7.43. The van der Waals surface area contributed by atoms with Crippen LogP contribution < -0.4 is 0 Å². The van der Waals surface area contributed by atoms with E-state index in [0.717, 1.165) is 16.3 Å². The zero-order chi connectivity index (χ0) is 6.41. The first-order valence-electron chi connectivity index (χ1n) is 2.59. The van der Waals surface area contributed by atoms with Crippen molar-refractivity contribution in [1.82, 2.24) is 0 Å². The molecule has 0 heterocycles. The van der Waals surface area contributed by atoms with Crippen molar-refractivity contribution in [2.24, 2.45) is 0 Å². The lowest BCUT2D eigenvalue weighted by atomic mass is 10.7. The fourth-order valence-electron chi connectivity index (χ4n) is 0.240. The highest BCUT2D eigenvalue weighted by Crippen LogP contribution is 1.80. The molecule has 0 aromatic heterocycles. The molecule has 0 spiro atoms. The summed E-state index contributed by atoms with van der Waals surface area (Å²) >= 11 is 0. The van der Waals surface area contributed by atoms with Gasteiger partial charge in [0.1, 0.15) is 0 Å². The Kier molecular flexibility index (Phi) is 4.25. The zero-order valence-corrected chi connectivity index (χ0v) is 7.18. The van der Waals surface area contributed by atoms with Crippen LogP contribution in [0.3, 0.4) is 0 Å². The summed E-state index contributed by atoms with van der Waals surface area (Å²) in [7, 11) is 1.12. The molecule has 8 heavy (non-hydrogen) atoms. The maximum atomic E-state index is 10.1. The number of carbonyl (C=O) groups is 1. The molecule has 46 valence electrons. The molecular weight excluding hydrogens is 120 g/mol. The van der Waals surface area contributed by atoms with E-state index < -0.39 is 0 Å². The summed E-state index contributed by atoms with van der Waals surface area (Å²) in [6.07, 6.45) is 3.28. The summed E-state index contributed by atoms with van der Waals surface area (Å²) in [6.45, 7) is 1.39. The molecule has 0 fully saturated rings. The lowest BCUT2D eigenvalue weighted by Crippen LogP contribution is -1.88. The van der Waals surface area contributed by atoms with Crippen molar-refractivity contribution in [3.8, 4) is 0 Å². The maximum Gasteiger partial charge on any atom is 0.307 e. The fraction of sp³-hybridized carbons (Fsp3) is 0.400. The van der Waals surface area contributed by atoms with E-state index in [0.29, 0.717) is 0 Å². The standard InChI is InChI=1S/C5H10O2Si/c1-5(6)7-3-2-4-8/h2-3H,4H2,1,8H3. The summed E-state index contributed by atoms with van der Waals surface area (Å²) in [5.74, 6) is -0.253. The van der Waals surface area contributed by atoms with Crippen molar-refractivity contribution in [3.63, 3.8) is 0 Å². The van der Waals surface area contributed by atoms with Crippen LogP contribution in [0.15, 0.2) is 12.3 Å². The molecule has 0 radical (unpaired) electrons. The van der Waals surface area contributed by atoms with Crippen LogP contribution in [0, 0.1) is 0 Å². The number of hydrogen-bond donors (Lipinski definition) is 0. The molecule has 0 aromatic carbocycles. The minimum absolute atomic E-state index is 0.253. The lowest BCUT2D eigenvalue weighted by Gasteiger charge is -1.86. The van der Waals surface area contributed by atoms with Crippen LogP contribution in [-0.2, 0) is 9.53 Å². The van der Waals surface area contributed by atoms with E-state index in [1.807, 2.05) is 6.08 Å². The Morgan fingerprint density at radius 1 is 1.88 bits per heavy atom. The highest BCUT2D eigenvalue weighted by molar-refractivity contribution is 6.09. The Balaban J connectivity index is 3.16. The highest BCUT2D eigenvalue weighted by Gasteiger charge is 1.81. The van der Waals surface area contributed by atoms with E-state index in [4.69, 9.17) is 0 Å². The minimum Gasteiger partial charge on any atom is -0.435 e. The number of carbonyl (C=O) groups excluding carboxylic acids is 1. The molecule has 0 bridgehead atoms. The van der Waals surface area contributed by atoms with Gasteiger partial charge in [-0.15, -0.1) is 0 Å². The fourth-order valence-corrected chi connectivity index (χ4v) is 0.433. The van der Waals surface area contributed by atoms with Crippen LogP contribution in [0.25, 0.3) is 0 Å². The molecular formula is C5H10O2Si. The molecule has 0 rings (SSSR count). The summed E-state index contributed by atoms with van der Waals surface area (Å²) in [5, 5.41) is 0. The molecule has 0 aromatic rings. The van der Waals surface area contributed by atoms with Crippen molar-refractivity contribution in [2.75, 3.05) is 0 Å². The van der Waals surface area contributed by atoms with Crippen LogP contribution in [0.1, 0.15) is 6.92 Å². The van der Waals surface area contributed by atoms with Crippen LogP contribution in [0.4, 0.5) is 0 Å². The van der Waals surface area contributed by atoms with E-state index in [1.165, 1.54) is 13.2 Å². The minimum atomic E-state index is -0.253.